The molecule has 1 heterocycles. The Morgan fingerprint density at radius 1 is 0.786 bits per heavy atom. The van der Waals surface area contributed by atoms with Gasteiger partial charge in [0.25, 0.3) is 0 Å². The van der Waals surface area contributed by atoms with Crippen molar-refractivity contribution < 1.29 is 30.7 Å². The van der Waals surface area contributed by atoms with Crippen molar-refractivity contribution in [2.24, 2.45) is 0 Å². The van der Waals surface area contributed by atoms with Crippen LogP contribution in [0.1, 0.15) is 11.1 Å². The van der Waals surface area contributed by atoms with Crippen LogP contribution in [0.3, 0.4) is 0 Å². The van der Waals surface area contributed by atoms with Crippen molar-refractivity contribution in [1.82, 2.24) is 9.55 Å². The molecule has 0 saturated carbocycles. The molecule has 0 spiro atoms. The predicted molar refractivity (Wildman–Crippen MR) is 95.4 cm³/mol. The van der Waals surface area contributed by atoms with E-state index >= 15 is 0 Å². The van der Waals surface area contributed by atoms with E-state index in [9.17, 15) is 30.7 Å². The van der Waals surface area contributed by atoms with Crippen molar-refractivity contribution in [1.29, 1.82) is 0 Å². The molecule has 0 aliphatic heterocycles. The van der Waals surface area contributed by atoms with Crippen LogP contribution in [0, 0.1) is 5.82 Å². The summed E-state index contributed by atoms with van der Waals surface area (Å²) < 4.78 is 87.9. The molecule has 2 aromatic carbocycles. The van der Waals surface area contributed by atoms with Gasteiger partial charge < -0.3 is 4.57 Å². The van der Waals surface area contributed by atoms with Crippen molar-refractivity contribution in [3.63, 3.8) is 0 Å². The van der Waals surface area contributed by atoms with Gasteiger partial charge in [-0.1, -0.05) is 0 Å². The molecule has 0 fully saturated rings. The molecule has 0 saturated heterocycles. The molecule has 0 radical (unpaired) electrons. The molecule has 3 aromatic rings. The second kappa shape index (κ2) is 8.64. The molecule has 0 N–H and O–H groups in total. The molecule has 0 aliphatic rings. The number of halogens is 9. The maximum absolute atomic E-state index is 12.6. The lowest BCUT2D eigenvalue weighted by Gasteiger charge is -2.10. The standard InChI is InChI=1S/C10H6BrF3N2.C7H3BrF4/c11-8-2-1-7(10(12,13)14)5-9(8)16-4-3-15-6-16;8-5-2-1-4(3-6(5)9)7(10,11)12/h1-6H;1-3H. The zero-order chi connectivity index (χ0) is 21.1. The van der Waals surface area contributed by atoms with Gasteiger partial charge in [-0.05, 0) is 68.3 Å². The zero-order valence-electron chi connectivity index (χ0n) is 13.5. The minimum atomic E-state index is -4.48. The van der Waals surface area contributed by atoms with Gasteiger partial charge in [0.05, 0.1) is 27.6 Å². The number of alkyl halides is 6. The van der Waals surface area contributed by atoms with Gasteiger partial charge >= 0.3 is 12.4 Å². The summed E-state index contributed by atoms with van der Waals surface area (Å²) in [5.41, 5.74) is -1.25. The highest BCUT2D eigenvalue weighted by Crippen LogP contribution is 2.33. The smallest absolute Gasteiger partial charge is 0.305 e. The minimum Gasteiger partial charge on any atom is -0.305 e. The second-order valence-electron chi connectivity index (χ2n) is 5.26. The summed E-state index contributed by atoms with van der Waals surface area (Å²) in [7, 11) is 0. The fraction of sp³-hybridized carbons (Fsp3) is 0.118. The maximum atomic E-state index is 12.6. The van der Waals surface area contributed by atoms with Crippen LogP contribution in [-0.2, 0) is 12.4 Å². The van der Waals surface area contributed by atoms with Gasteiger partial charge in [0.2, 0.25) is 0 Å². The van der Waals surface area contributed by atoms with E-state index in [0.717, 1.165) is 24.3 Å². The summed E-state index contributed by atoms with van der Waals surface area (Å²) >= 11 is 5.96. The number of hydrogen-bond donors (Lipinski definition) is 0. The third kappa shape index (κ3) is 5.81. The van der Waals surface area contributed by atoms with Crippen molar-refractivity contribution in [3.05, 3.63) is 81.0 Å². The maximum Gasteiger partial charge on any atom is 0.416 e. The number of nitrogens with zero attached hydrogens (tertiary/aromatic N) is 2. The molecule has 0 unspecified atom stereocenters. The SMILES string of the molecule is FC(F)(F)c1ccc(Br)c(-n2ccnc2)c1.Fc1cc(C(F)(F)F)ccc1Br. The van der Waals surface area contributed by atoms with Crippen molar-refractivity contribution >= 4 is 31.9 Å². The molecule has 11 heteroatoms. The van der Waals surface area contributed by atoms with E-state index in [0.29, 0.717) is 16.2 Å². The van der Waals surface area contributed by atoms with E-state index < -0.39 is 29.3 Å². The van der Waals surface area contributed by atoms with Crippen LogP contribution >= 0.6 is 31.9 Å². The number of imidazole rings is 1. The lowest BCUT2D eigenvalue weighted by Crippen LogP contribution is -2.06. The lowest BCUT2D eigenvalue weighted by atomic mass is 10.2. The van der Waals surface area contributed by atoms with E-state index in [-0.39, 0.29) is 4.47 Å². The van der Waals surface area contributed by atoms with Gasteiger partial charge in [-0.25, -0.2) is 9.37 Å². The Morgan fingerprint density at radius 3 is 1.79 bits per heavy atom. The molecular weight excluding hydrogens is 525 g/mol. The summed E-state index contributed by atoms with van der Waals surface area (Å²) in [5, 5.41) is 0. The number of rotatable bonds is 1. The Balaban J connectivity index is 0.000000209. The second-order valence-corrected chi connectivity index (χ2v) is 6.97. The normalized spacial score (nSPS) is 11.8. The van der Waals surface area contributed by atoms with E-state index in [1.165, 1.54) is 23.2 Å². The minimum absolute atomic E-state index is 0.0236. The Labute approximate surface area is 171 Å². The van der Waals surface area contributed by atoms with Gasteiger partial charge in [0.15, 0.2) is 0 Å². The zero-order valence-corrected chi connectivity index (χ0v) is 16.7. The molecule has 0 aliphatic carbocycles. The topological polar surface area (TPSA) is 17.8 Å². The van der Waals surface area contributed by atoms with Crippen LogP contribution < -0.4 is 0 Å². The lowest BCUT2D eigenvalue weighted by molar-refractivity contribution is -0.138. The van der Waals surface area contributed by atoms with Crippen LogP contribution in [0.4, 0.5) is 30.7 Å². The van der Waals surface area contributed by atoms with Gasteiger partial charge in [-0.3, -0.25) is 0 Å². The summed E-state index contributed by atoms with van der Waals surface area (Å²) in [6.07, 6.45) is -4.29. The molecule has 0 bridgehead atoms. The van der Waals surface area contributed by atoms with Crippen LogP contribution in [0.2, 0.25) is 0 Å². The fourth-order valence-electron chi connectivity index (χ4n) is 1.96. The average Bonchev–Trinajstić information content (AvgIpc) is 3.10. The van der Waals surface area contributed by atoms with Crippen molar-refractivity contribution in [2.45, 2.75) is 12.4 Å². The van der Waals surface area contributed by atoms with E-state index in [4.69, 9.17) is 0 Å². The first-order chi connectivity index (χ1) is 12.9. The first-order valence-electron chi connectivity index (χ1n) is 7.27. The van der Waals surface area contributed by atoms with Gasteiger partial charge in [0, 0.05) is 16.9 Å². The number of hydrogen-bond acceptors (Lipinski definition) is 1. The Bertz CT molecular complexity index is 936. The Kier molecular flexibility index (Phi) is 6.92. The highest BCUT2D eigenvalue weighted by Gasteiger charge is 2.31. The van der Waals surface area contributed by atoms with Gasteiger partial charge in [-0.2, -0.15) is 26.3 Å². The average molecular weight is 534 g/mol. The van der Waals surface area contributed by atoms with E-state index in [1.807, 2.05) is 0 Å². The molecule has 2 nitrogen and oxygen atoms in total. The molecule has 1 aromatic heterocycles. The fourth-order valence-corrected chi connectivity index (χ4v) is 2.66. The third-order valence-corrected chi connectivity index (χ3v) is 4.62. The molecule has 3 rings (SSSR count). The molecule has 0 atom stereocenters. The Hall–Kier alpha value is -1.88. The highest BCUT2D eigenvalue weighted by atomic mass is 79.9. The molecule has 150 valence electrons. The van der Waals surface area contributed by atoms with Gasteiger partial charge in [0.1, 0.15) is 5.82 Å². The first-order valence-corrected chi connectivity index (χ1v) is 8.85. The first kappa shape index (κ1) is 22.4. The van der Waals surface area contributed by atoms with E-state index in [2.05, 4.69) is 36.8 Å². The Morgan fingerprint density at radius 2 is 1.32 bits per heavy atom. The predicted octanol–water partition coefficient (Wildman–Crippen LogP) is 7.26. The summed E-state index contributed by atoms with van der Waals surface area (Å²) in [6, 6.07) is 5.77. The van der Waals surface area contributed by atoms with Crippen LogP contribution in [-0.4, -0.2) is 9.55 Å². The van der Waals surface area contributed by atoms with Crippen LogP contribution in [0.25, 0.3) is 5.69 Å². The number of aromatic nitrogens is 2. The van der Waals surface area contributed by atoms with Crippen molar-refractivity contribution in [2.75, 3.05) is 0 Å². The molecule has 0 amide bonds. The summed E-state index contributed by atoms with van der Waals surface area (Å²) in [6.45, 7) is 0. The highest BCUT2D eigenvalue weighted by molar-refractivity contribution is 9.10. The summed E-state index contributed by atoms with van der Waals surface area (Å²) in [5.74, 6) is -0.912. The van der Waals surface area contributed by atoms with Crippen LogP contribution in [0.15, 0.2) is 64.1 Å². The summed E-state index contributed by atoms with van der Waals surface area (Å²) in [4.78, 5) is 3.79. The third-order valence-electron chi connectivity index (χ3n) is 3.30. The largest absolute Gasteiger partial charge is 0.416 e. The molecule has 28 heavy (non-hydrogen) atoms. The number of benzene rings is 2. The van der Waals surface area contributed by atoms with Gasteiger partial charge in [-0.15, -0.1) is 0 Å². The quantitative estimate of drug-likeness (QED) is 0.301. The van der Waals surface area contributed by atoms with E-state index in [1.54, 1.807) is 6.20 Å². The van der Waals surface area contributed by atoms with Crippen molar-refractivity contribution in [3.8, 4) is 5.69 Å². The molecular formula is C17H9Br2F7N2. The van der Waals surface area contributed by atoms with Crippen LogP contribution in [0.5, 0.6) is 0 Å². The monoisotopic (exact) mass is 532 g/mol.